The summed E-state index contributed by atoms with van der Waals surface area (Å²) in [6.07, 6.45) is -1.12. The molecule has 1 amide bonds. The molecule has 2 N–H and O–H groups in total. The van der Waals surface area contributed by atoms with Crippen LogP contribution in [0.5, 0.6) is 0 Å². The van der Waals surface area contributed by atoms with Gasteiger partial charge in [0, 0.05) is 0 Å². The quantitative estimate of drug-likeness (QED) is 0.833. The Morgan fingerprint density at radius 1 is 1.13 bits per heavy atom. The minimum atomic E-state index is -4.76. The second kappa shape index (κ2) is 6.71. The number of benzene rings is 2. The Hall–Kier alpha value is -2.52. The molecule has 0 bridgehead atoms. The second-order valence-corrected chi connectivity index (χ2v) is 5.85. The highest BCUT2D eigenvalue weighted by Crippen LogP contribution is 2.23. The normalized spacial score (nSPS) is 11.1. The molecule has 0 aliphatic carbocycles. The Morgan fingerprint density at radius 3 is 2.22 bits per heavy atom. The summed E-state index contributed by atoms with van der Waals surface area (Å²) in [6, 6.07) is 9.36. The molecule has 2 aromatic carbocycles. The third kappa shape index (κ3) is 4.47. The molecular formula is C14H11F2NO5S. The van der Waals surface area contributed by atoms with Gasteiger partial charge in [-0.2, -0.15) is 8.42 Å². The van der Waals surface area contributed by atoms with Crippen LogP contribution in [0.25, 0.3) is 0 Å². The second-order valence-electron chi connectivity index (χ2n) is 4.42. The number of ether oxygens (including phenoxy) is 1. The van der Waals surface area contributed by atoms with Gasteiger partial charge in [-0.1, -0.05) is 30.3 Å². The lowest BCUT2D eigenvalue weighted by atomic mass is 10.2. The van der Waals surface area contributed by atoms with Crippen LogP contribution in [0.1, 0.15) is 5.56 Å². The summed E-state index contributed by atoms with van der Waals surface area (Å²) in [5.74, 6) is -2.73. The van der Waals surface area contributed by atoms with Gasteiger partial charge in [0.15, 0.2) is 11.6 Å². The van der Waals surface area contributed by atoms with Crippen LogP contribution in [-0.2, 0) is 21.5 Å². The van der Waals surface area contributed by atoms with Crippen molar-refractivity contribution in [2.45, 2.75) is 11.5 Å². The van der Waals surface area contributed by atoms with Gasteiger partial charge in [0.2, 0.25) is 0 Å². The van der Waals surface area contributed by atoms with E-state index in [-0.39, 0.29) is 6.61 Å². The number of carbonyl (C=O) groups excluding carboxylic acids is 1. The zero-order valence-electron chi connectivity index (χ0n) is 11.5. The monoisotopic (exact) mass is 343 g/mol. The molecule has 2 aromatic rings. The summed E-state index contributed by atoms with van der Waals surface area (Å²) in [5.41, 5.74) is -0.208. The summed E-state index contributed by atoms with van der Waals surface area (Å²) in [4.78, 5) is 10.6. The maximum atomic E-state index is 13.7. The lowest BCUT2D eigenvalue weighted by molar-refractivity contribution is 0.155. The van der Waals surface area contributed by atoms with Crippen molar-refractivity contribution >= 4 is 21.9 Å². The predicted molar refractivity (Wildman–Crippen MR) is 76.4 cm³/mol. The van der Waals surface area contributed by atoms with Crippen molar-refractivity contribution in [3.8, 4) is 0 Å². The fourth-order valence-corrected chi connectivity index (χ4v) is 2.18. The fraction of sp³-hybridized carbons (Fsp3) is 0.0714. The van der Waals surface area contributed by atoms with Crippen molar-refractivity contribution in [3.05, 3.63) is 59.7 Å². The SMILES string of the molecule is O=C(Nc1c(F)cc(S(=O)(=O)O)cc1F)OCc1ccccc1. The van der Waals surface area contributed by atoms with Gasteiger partial charge in [-0.15, -0.1) is 0 Å². The van der Waals surface area contributed by atoms with E-state index < -0.39 is 38.4 Å². The smallest absolute Gasteiger partial charge is 0.412 e. The first-order valence-corrected chi connectivity index (χ1v) is 7.65. The number of hydrogen-bond acceptors (Lipinski definition) is 4. The van der Waals surface area contributed by atoms with Gasteiger partial charge in [0.05, 0.1) is 4.90 Å². The standard InChI is InChI=1S/C14H11F2NO5S/c15-11-6-10(23(19,20)21)7-12(16)13(11)17-14(18)22-8-9-4-2-1-3-5-9/h1-7H,8H2,(H,17,18)(H,19,20,21). The number of halogens is 2. The van der Waals surface area contributed by atoms with Crippen molar-refractivity contribution in [3.63, 3.8) is 0 Å². The van der Waals surface area contributed by atoms with Gasteiger partial charge in [0.25, 0.3) is 10.1 Å². The molecule has 0 radical (unpaired) electrons. The Bertz CT molecular complexity index is 801. The van der Waals surface area contributed by atoms with Crippen molar-refractivity contribution < 1.29 is 31.3 Å². The molecule has 0 spiro atoms. The third-order valence-electron chi connectivity index (χ3n) is 2.75. The van der Waals surface area contributed by atoms with Crippen LogP contribution in [0.3, 0.4) is 0 Å². The maximum Gasteiger partial charge on any atom is 0.412 e. The van der Waals surface area contributed by atoms with Crippen molar-refractivity contribution in [1.29, 1.82) is 0 Å². The summed E-state index contributed by atoms with van der Waals surface area (Å²) in [5, 5.41) is 1.84. The lowest BCUT2D eigenvalue weighted by Gasteiger charge is -2.09. The topological polar surface area (TPSA) is 92.7 Å². The number of rotatable bonds is 4. The summed E-state index contributed by atoms with van der Waals surface area (Å²) in [6.45, 7) is -0.112. The number of nitrogens with one attached hydrogen (secondary N) is 1. The molecular weight excluding hydrogens is 332 g/mol. The van der Waals surface area contributed by atoms with E-state index in [2.05, 4.69) is 0 Å². The molecule has 0 aromatic heterocycles. The number of carbonyl (C=O) groups is 1. The minimum absolute atomic E-state index is 0.112. The molecule has 0 fully saturated rings. The highest BCUT2D eigenvalue weighted by atomic mass is 32.2. The van der Waals surface area contributed by atoms with Crippen LogP contribution >= 0.6 is 0 Å². The van der Waals surface area contributed by atoms with Crippen molar-refractivity contribution in [1.82, 2.24) is 0 Å². The molecule has 0 atom stereocenters. The van der Waals surface area contributed by atoms with Crippen LogP contribution in [0, 0.1) is 11.6 Å². The zero-order valence-corrected chi connectivity index (χ0v) is 12.3. The van der Waals surface area contributed by atoms with Crippen LogP contribution in [0.2, 0.25) is 0 Å². The van der Waals surface area contributed by atoms with Crippen LogP contribution < -0.4 is 5.32 Å². The van der Waals surface area contributed by atoms with Gasteiger partial charge in [-0.05, 0) is 17.7 Å². The molecule has 0 aliphatic rings. The average Bonchev–Trinajstić information content (AvgIpc) is 2.49. The Balaban J connectivity index is 2.09. The van der Waals surface area contributed by atoms with E-state index in [0.29, 0.717) is 17.7 Å². The van der Waals surface area contributed by atoms with Gasteiger partial charge in [-0.25, -0.2) is 13.6 Å². The van der Waals surface area contributed by atoms with E-state index in [1.165, 1.54) is 0 Å². The average molecular weight is 343 g/mol. The predicted octanol–water partition coefficient (Wildman–Crippen LogP) is 2.96. The highest BCUT2D eigenvalue weighted by Gasteiger charge is 2.19. The van der Waals surface area contributed by atoms with Crippen LogP contribution in [-0.4, -0.2) is 19.1 Å². The maximum absolute atomic E-state index is 13.7. The van der Waals surface area contributed by atoms with Crippen molar-refractivity contribution in [2.75, 3.05) is 5.32 Å². The van der Waals surface area contributed by atoms with E-state index >= 15 is 0 Å². The third-order valence-corrected chi connectivity index (χ3v) is 3.58. The van der Waals surface area contributed by atoms with E-state index in [0.717, 1.165) is 0 Å². The lowest BCUT2D eigenvalue weighted by Crippen LogP contribution is -2.16. The highest BCUT2D eigenvalue weighted by molar-refractivity contribution is 7.85. The molecule has 122 valence electrons. The minimum Gasteiger partial charge on any atom is -0.444 e. The molecule has 0 heterocycles. The van der Waals surface area contributed by atoms with E-state index in [4.69, 9.17) is 9.29 Å². The van der Waals surface area contributed by atoms with E-state index in [1.54, 1.807) is 30.3 Å². The van der Waals surface area contributed by atoms with Gasteiger partial charge in [0.1, 0.15) is 12.3 Å². The van der Waals surface area contributed by atoms with Gasteiger partial charge < -0.3 is 4.74 Å². The van der Waals surface area contributed by atoms with Crippen LogP contribution in [0.15, 0.2) is 47.4 Å². The molecule has 0 saturated carbocycles. The first-order valence-electron chi connectivity index (χ1n) is 6.21. The first-order chi connectivity index (χ1) is 10.8. The summed E-state index contributed by atoms with van der Waals surface area (Å²) >= 11 is 0. The van der Waals surface area contributed by atoms with E-state index in [1.807, 2.05) is 5.32 Å². The van der Waals surface area contributed by atoms with Crippen molar-refractivity contribution in [2.24, 2.45) is 0 Å². The Labute approximate surface area is 130 Å². The molecule has 0 aliphatic heterocycles. The zero-order chi connectivity index (χ0) is 17.0. The molecule has 6 nitrogen and oxygen atoms in total. The fourth-order valence-electron chi connectivity index (χ4n) is 1.68. The first kappa shape index (κ1) is 16.8. The van der Waals surface area contributed by atoms with Gasteiger partial charge in [-0.3, -0.25) is 9.87 Å². The number of anilines is 1. The summed E-state index contributed by atoms with van der Waals surface area (Å²) < 4.78 is 62.6. The molecule has 2 rings (SSSR count). The molecule has 9 heteroatoms. The largest absolute Gasteiger partial charge is 0.444 e. The molecule has 23 heavy (non-hydrogen) atoms. The molecule has 0 saturated heterocycles. The number of amides is 1. The number of hydrogen-bond donors (Lipinski definition) is 2. The van der Waals surface area contributed by atoms with Gasteiger partial charge >= 0.3 is 6.09 Å². The Morgan fingerprint density at radius 2 is 1.70 bits per heavy atom. The molecule has 0 unspecified atom stereocenters. The van der Waals surface area contributed by atoms with Crippen LogP contribution in [0.4, 0.5) is 19.3 Å². The summed E-state index contributed by atoms with van der Waals surface area (Å²) in [7, 11) is -4.76. The Kier molecular flexibility index (Phi) is 4.92. The van der Waals surface area contributed by atoms with E-state index in [9.17, 15) is 22.0 Å².